The quantitative estimate of drug-likeness (QED) is 0.323. The highest BCUT2D eigenvalue weighted by Crippen LogP contribution is 2.39. The second-order valence-corrected chi connectivity index (χ2v) is 12.3. The van der Waals surface area contributed by atoms with Gasteiger partial charge in [0.1, 0.15) is 0 Å². The number of rotatable bonds is 10. The zero-order valence-electron chi connectivity index (χ0n) is 22.6. The lowest BCUT2D eigenvalue weighted by atomic mass is 10.00. The lowest BCUT2D eigenvalue weighted by Crippen LogP contribution is -2.28. The van der Waals surface area contributed by atoms with Crippen molar-refractivity contribution in [2.45, 2.75) is 44.0 Å². The molecule has 0 radical (unpaired) electrons. The molecule has 2 aliphatic heterocycles. The number of amides is 1. The second-order valence-electron chi connectivity index (χ2n) is 10.3. The minimum atomic E-state index is -3.69. The van der Waals surface area contributed by atoms with Crippen LogP contribution in [0.4, 0.5) is 11.4 Å². The largest absolute Gasteiger partial charge is 0.354 e. The molecule has 204 valence electrons. The molecule has 39 heavy (non-hydrogen) atoms. The van der Waals surface area contributed by atoms with Gasteiger partial charge in [-0.25, -0.2) is 12.7 Å². The predicted molar refractivity (Wildman–Crippen MR) is 158 cm³/mol. The first-order valence-electron chi connectivity index (χ1n) is 13.7. The van der Waals surface area contributed by atoms with Gasteiger partial charge in [-0.2, -0.15) is 0 Å². The monoisotopic (exact) mass is 544 g/mol. The van der Waals surface area contributed by atoms with Gasteiger partial charge in [-0.15, -0.1) is 0 Å². The summed E-state index contributed by atoms with van der Waals surface area (Å²) in [6.45, 7) is 5.70. The van der Waals surface area contributed by atoms with Gasteiger partial charge < -0.3 is 10.6 Å². The fraction of sp³-hybridized carbons (Fsp3) is 0.323. The number of sulfonamides is 1. The Morgan fingerprint density at radius 3 is 2.41 bits per heavy atom. The van der Waals surface area contributed by atoms with Crippen LogP contribution in [0, 0.1) is 0 Å². The van der Waals surface area contributed by atoms with Gasteiger partial charge >= 0.3 is 0 Å². The summed E-state index contributed by atoms with van der Waals surface area (Å²) in [5, 5.41) is 6.41. The lowest BCUT2D eigenvalue weighted by molar-refractivity contribution is -0.110. The summed E-state index contributed by atoms with van der Waals surface area (Å²) < 4.78 is 28.0. The van der Waals surface area contributed by atoms with Gasteiger partial charge in [-0.1, -0.05) is 55.8 Å². The molecule has 2 heterocycles. The average Bonchev–Trinajstić information content (AvgIpc) is 3.58. The number of fused-ring (bicyclic) bond motifs is 1. The zero-order valence-corrected chi connectivity index (χ0v) is 23.4. The Labute approximate surface area is 231 Å². The van der Waals surface area contributed by atoms with Gasteiger partial charge in [-0.05, 0) is 73.8 Å². The van der Waals surface area contributed by atoms with Crippen molar-refractivity contribution in [2.75, 3.05) is 37.3 Å². The van der Waals surface area contributed by atoms with Gasteiger partial charge in [0.05, 0.1) is 16.2 Å². The molecular weight excluding hydrogens is 508 g/mol. The van der Waals surface area contributed by atoms with Crippen LogP contribution in [0.5, 0.6) is 0 Å². The summed E-state index contributed by atoms with van der Waals surface area (Å²) in [6.07, 6.45) is 4.20. The lowest BCUT2D eigenvalue weighted by Gasteiger charge is -2.18. The van der Waals surface area contributed by atoms with Gasteiger partial charge in [-0.3, -0.25) is 9.69 Å². The third kappa shape index (κ3) is 5.93. The molecule has 0 saturated carbocycles. The number of carbonyl (C=O) groups is 1. The number of hydrogen-bond acceptors (Lipinski definition) is 5. The van der Waals surface area contributed by atoms with E-state index in [1.807, 2.05) is 49.4 Å². The summed E-state index contributed by atoms with van der Waals surface area (Å²) >= 11 is 0. The number of benzene rings is 3. The summed E-state index contributed by atoms with van der Waals surface area (Å²) in [4.78, 5) is 16.0. The van der Waals surface area contributed by atoms with E-state index in [1.54, 1.807) is 25.2 Å². The van der Waals surface area contributed by atoms with E-state index in [9.17, 15) is 13.2 Å². The van der Waals surface area contributed by atoms with Crippen LogP contribution < -0.4 is 10.6 Å². The summed E-state index contributed by atoms with van der Waals surface area (Å²) in [6, 6.07) is 22.8. The summed E-state index contributed by atoms with van der Waals surface area (Å²) in [7, 11) is -2.09. The zero-order chi connectivity index (χ0) is 27.4. The van der Waals surface area contributed by atoms with Gasteiger partial charge in [0.25, 0.3) is 5.91 Å². The topological polar surface area (TPSA) is 81.8 Å². The Kier molecular flexibility index (Phi) is 8.16. The van der Waals surface area contributed by atoms with E-state index in [0.29, 0.717) is 29.1 Å². The Morgan fingerprint density at radius 1 is 1.00 bits per heavy atom. The normalized spacial score (nSPS) is 16.8. The summed E-state index contributed by atoms with van der Waals surface area (Å²) in [5.74, 6) is -0.268. The van der Waals surface area contributed by atoms with E-state index in [2.05, 4.69) is 27.7 Å². The third-order valence-electron chi connectivity index (χ3n) is 7.41. The number of nitrogens with zero attached hydrogens (tertiary/aromatic N) is 2. The third-order valence-corrected chi connectivity index (χ3v) is 9.26. The highest BCUT2D eigenvalue weighted by Gasteiger charge is 2.31. The van der Waals surface area contributed by atoms with Crippen LogP contribution in [0.3, 0.4) is 0 Å². The highest BCUT2D eigenvalue weighted by atomic mass is 32.2. The molecule has 0 aromatic heterocycles. The Morgan fingerprint density at radius 2 is 1.72 bits per heavy atom. The molecule has 2 N–H and O–H groups in total. The molecule has 5 rings (SSSR count). The smallest absolute Gasteiger partial charge is 0.258 e. The fourth-order valence-corrected chi connectivity index (χ4v) is 6.39. The van der Waals surface area contributed by atoms with Gasteiger partial charge in [0, 0.05) is 37.1 Å². The van der Waals surface area contributed by atoms with Crippen LogP contribution in [-0.4, -0.2) is 50.2 Å². The molecule has 0 unspecified atom stereocenters. The SMILES string of the molecule is CCCCN(C)S(=O)(=O)c1ccc2c(c1)/C(=C(/Nc1ccc(CN3CCCC3)cc1)c1ccccc1)C(=O)N2. The van der Waals surface area contributed by atoms with Crippen molar-refractivity contribution in [1.82, 2.24) is 9.21 Å². The molecule has 3 aromatic carbocycles. The van der Waals surface area contributed by atoms with Crippen LogP contribution in [0.1, 0.15) is 49.3 Å². The molecule has 0 spiro atoms. The molecular formula is C31H36N4O3S. The van der Waals surface area contributed by atoms with Crippen molar-refractivity contribution >= 4 is 38.6 Å². The van der Waals surface area contributed by atoms with E-state index >= 15 is 0 Å². The fourth-order valence-electron chi connectivity index (χ4n) is 5.16. The second kappa shape index (κ2) is 11.7. The summed E-state index contributed by atoms with van der Waals surface area (Å²) in [5.41, 5.74) is 5.17. The number of carbonyl (C=O) groups excluding carboxylic acids is 1. The van der Waals surface area contributed by atoms with E-state index in [0.717, 1.165) is 43.7 Å². The van der Waals surface area contributed by atoms with E-state index in [4.69, 9.17) is 0 Å². The maximum Gasteiger partial charge on any atom is 0.258 e. The molecule has 1 saturated heterocycles. The van der Waals surface area contributed by atoms with Crippen LogP contribution in [0.25, 0.3) is 11.3 Å². The Bertz CT molecular complexity index is 1460. The molecule has 8 heteroatoms. The molecule has 3 aromatic rings. The minimum absolute atomic E-state index is 0.174. The molecule has 7 nitrogen and oxygen atoms in total. The first-order chi connectivity index (χ1) is 18.9. The first kappa shape index (κ1) is 27.1. The van der Waals surface area contributed by atoms with E-state index in [1.165, 1.54) is 22.7 Å². The first-order valence-corrected chi connectivity index (χ1v) is 15.1. The van der Waals surface area contributed by atoms with Crippen LogP contribution in [0.15, 0.2) is 77.7 Å². The van der Waals surface area contributed by atoms with Crippen molar-refractivity contribution in [3.8, 4) is 0 Å². The van der Waals surface area contributed by atoms with Crippen molar-refractivity contribution in [2.24, 2.45) is 0 Å². The highest BCUT2D eigenvalue weighted by molar-refractivity contribution is 7.89. The molecule has 0 bridgehead atoms. The van der Waals surface area contributed by atoms with Crippen LogP contribution >= 0.6 is 0 Å². The molecule has 1 fully saturated rings. The Hall–Kier alpha value is -3.46. The van der Waals surface area contributed by atoms with Crippen molar-refractivity contribution < 1.29 is 13.2 Å². The van der Waals surface area contributed by atoms with Crippen LogP contribution in [0.2, 0.25) is 0 Å². The molecule has 2 aliphatic rings. The van der Waals surface area contributed by atoms with Gasteiger partial charge in [0.2, 0.25) is 10.0 Å². The Balaban J connectivity index is 1.52. The average molecular weight is 545 g/mol. The standard InChI is InChI=1S/C31H36N4O3S/c1-3-4-18-34(2)39(37,38)26-16-17-28-27(21-26)29(31(36)33-28)30(24-10-6-5-7-11-24)32-25-14-12-23(13-15-25)22-35-19-8-9-20-35/h5-7,10-17,21,32H,3-4,8-9,18-20,22H2,1-2H3,(H,33,36)/b30-29-. The maximum atomic E-state index is 13.3. The maximum absolute atomic E-state index is 13.3. The van der Waals surface area contributed by atoms with E-state index in [-0.39, 0.29) is 10.8 Å². The predicted octanol–water partition coefficient (Wildman–Crippen LogP) is 5.64. The number of anilines is 2. The van der Waals surface area contributed by atoms with Crippen molar-refractivity contribution in [1.29, 1.82) is 0 Å². The molecule has 0 atom stereocenters. The van der Waals surface area contributed by atoms with Crippen LogP contribution in [-0.2, 0) is 21.4 Å². The number of likely N-dealkylation sites (tertiary alicyclic amines) is 1. The minimum Gasteiger partial charge on any atom is -0.354 e. The molecule has 1 amide bonds. The molecule has 0 aliphatic carbocycles. The number of hydrogen-bond donors (Lipinski definition) is 2. The number of nitrogens with one attached hydrogen (secondary N) is 2. The van der Waals surface area contributed by atoms with Crippen molar-refractivity contribution in [3.05, 3.63) is 89.5 Å². The van der Waals surface area contributed by atoms with Crippen molar-refractivity contribution in [3.63, 3.8) is 0 Å². The number of unbranched alkanes of at least 4 members (excludes halogenated alkanes) is 1. The van der Waals surface area contributed by atoms with E-state index < -0.39 is 10.0 Å². The van der Waals surface area contributed by atoms with Gasteiger partial charge in [0.15, 0.2) is 0 Å².